The minimum absolute atomic E-state index is 1.26. The SMILES string of the molecule is Cc1ccncc1.Cc1ccncc1.Cc1ccncc1.Cc1ccncc1.Cc1ccncc1.Cc1ccncc1. The third-order valence-corrected chi connectivity index (χ3v) is 5.08. The molecule has 0 saturated carbocycles. The van der Waals surface area contributed by atoms with Gasteiger partial charge < -0.3 is 0 Å². The zero-order chi connectivity index (χ0) is 30.7. The van der Waals surface area contributed by atoms with Gasteiger partial charge in [-0.15, -0.1) is 0 Å². The topological polar surface area (TPSA) is 77.3 Å². The highest BCUT2D eigenvalue weighted by atomic mass is 14.6. The summed E-state index contributed by atoms with van der Waals surface area (Å²) in [5.41, 5.74) is 7.56. The van der Waals surface area contributed by atoms with Crippen molar-refractivity contribution in [3.8, 4) is 0 Å². The molecule has 0 aliphatic carbocycles. The Hall–Kier alpha value is -5.10. The number of rotatable bonds is 0. The van der Waals surface area contributed by atoms with Gasteiger partial charge in [0.15, 0.2) is 0 Å². The van der Waals surface area contributed by atoms with Crippen LogP contribution in [0.15, 0.2) is 147 Å². The van der Waals surface area contributed by atoms with E-state index in [0.717, 1.165) is 0 Å². The maximum Gasteiger partial charge on any atom is 0.0270 e. The van der Waals surface area contributed by atoms with Crippen molar-refractivity contribution in [1.29, 1.82) is 0 Å². The Bertz CT molecular complexity index is 1100. The number of hydrogen-bond acceptors (Lipinski definition) is 6. The smallest absolute Gasteiger partial charge is 0.0270 e. The second-order valence-electron chi connectivity index (χ2n) is 9.15. The number of hydrogen-bond donors (Lipinski definition) is 0. The first-order valence-electron chi connectivity index (χ1n) is 13.6. The quantitative estimate of drug-likeness (QED) is 0.186. The molecule has 0 radical (unpaired) electrons. The Labute approximate surface area is 251 Å². The maximum absolute atomic E-state index is 3.85. The summed E-state index contributed by atoms with van der Waals surface area (Å²) in [6.07, 6.45) is 21.4. The van der Waals surface area contributed by atoms with Gasteiger partial charge in [-0.25, -0.2) is 0 Å². The van der Waals surface area contributed by atoms with Crippen molar-refractivity contribution < 1.29 is 0 Å². The summed E-state index contributed by atoms with van der Waals surface area (Å²) in [5.74, 6) is 0. The number of pyridine rings is 6. The average molecular weight is 559 g/mol. The summed E-state index contributed by atoms with van der Waals surface area (Å²) in [5, 5.41) is 0. The van der Waals surface area contributed by atoms with E-state index in [-0.39, 0.29) is 0 Å². The molecule has 0 amide bonds. The zero-order valence-corrected chi connectivity index (χ0v) is 25.5. The first kappa shape index (κ1) is 34.9. The minimum Gasteiger partial charge on any atom is -0.265 e. The van der Waals surface area contributed by atoms with Gasteiger partial charge in [-0.1, -0.05) is 0 Å². The number of aromatic nitrogens is 6. The molecule has 6 aromatic rings. The van der Waals surface area contributed by atoms with E-state index in [0.29, 0.717) is 0 Å². The van der Waals surface area contributed by atoms with Crippen LogP contribution in [0.3, 0.4) is 0 Å². The molecule has 6 aromatic heterocycles. The van der Waals surface area contributed by atoms with E-state index in [2.05, 4.69) is 29.9 Å². The van der Waals surface area contributed by atoms with Gasteiger partial charge in [-0.3, -0.25) is 29.9 Å². The molecule has 0 unspecified atom stereocenters. The lowest BCUT2D eigenvalue weighted by Gasteiger charge is -1.82. The summed E-state index contributed by atoms with van der Waals surface area (Å²) in [6.45, 7) is 12.3. The molecule has 42 heavy (non-hydrogen) atoms. The van der Waals surface area contributed by atoms with Crippen LogP contribution in [0.2, 0.25) is 0 Å². The van der Waals surface area contributed by atoms with Crippen LogP contribution in [0.1, 0.15) is 33.4 Å². The fourth-order valence-electron chi connectivity index (χ4n) is 2.56. The van der Waals surface area contributed by atoms with Crippen LogP contribution < -0.4 is 0 Å². The van der Waals surface area contributed by atoms with Gasteiger partial charge in [0.25, 0.3) is 0 Å². The first-order chi connectivity index (χ1) is 20.4. The molecule has 0 N–H and O–H groups in total. The molecule has 0 aliphatic heterocycles. The van der Waals surface area contributed by atoms with Crippen LogP contribution in [0, 0.1) is 41.5 Å². The van der Waals surface area contributed by atoms with Crippen molar-refractivity contribution in [2.24, 2.45) is 0 Å². The van der Waals surface area contributed by atoms with Gasteiger partial charge in [0, 0.05) is 74.4 Å². The van der Waals surface area contributed by atoms with E-state index in [1.165, 1.54) is 33.4 Å². The predicted molar refractivity (Wildman–Crippen MR) is 174 cm³/mol. The molecular formula is C36H42N6. The van der Waals surface area contributed by atoms with Gasteiger partial charge in [0.05, 0.1) is 0 Å². The molecular weight excluding hydrogens is 516 g/mol. The lowest BCUT2D eigenvalue weighted by Crippen LogP contribution is -1.68. The van der Waals surface area contributed by atoms with Crippen LogP contribution in [-0.4, -0.2) is 29.9 Å². The van der Waals surface area contributed by atoms with Crippen molar-refractivity contribution in [1.82, 2.24) is 29.9 Å². The molecule has 0 saturated heterocycles. The summed E-state index contributed by atoms with van der Waals surface area (Å²) in [4.78, 5) is 23.1. The van der Waals surface area contributed by atoms with Gasteiger partial charge in [-0.05, 0) is 148 Å². The summed E-state index contributed by atoms with van der Waals surface area (Å²) >= 11 is 0. The van der Waals surface area contributed by atoms with E-state index in [4.69, 9.17) is 0 Å². The normalized spacial score (nSPS) is 8.71. The minimum atomic E-state index is 1.26. The van der Waals surface area contributed by atoms with Crippen LogP contribution >= 0.6 is 0 Å². The van der Waals surface area contributed by atoms with E-state index >= 15 is 0 Å². The third-order valence-electron chi connectivity index (χ3n) is 5.08. The van der Waals surface area contributed by atoms with Crippen LogP contribution in [-0.2, 0) is 0 Å². The Morgan fingerprint density at radius 1 is 0.214 bits per heavy atom. The molecule has 0 bridgehead atoms. The summed E-state index contributed by atoms with van der Waals surface area (Å²) in [6, 6.07) is 23.7. The molecule has 6 heteroatoms. The Morgan fingerprint density at radius 3 is 0.357 bits per heavy atom. The Kier molecular flexibility index (Phi) is 19.8. The monoisotopic (exact) mass is 558 g/mol. The van der Waals surface area contributed by atoms with Crippen LogP contribution in [0.25, 0.3) is 0 Å². The van der Waals surface area contributed by atoms with Crippen molar-refractivity contribution in [2.75, 3.05) is 0 Å². The van der Waals surface area contributed by atoms with Crippen LogP contribution in [0.5, 0.6) is 0 Å². The highest BCUT2D eigenvalue weighted by Gasteiger charge is 1.76. The van der Waals surface area contributed by atoms with E-state index in [1.54, 1.807) is 74.4 Å². The van der Waals surface area contributed by atoms with Gasteiger partial charge in [-0.2, -0.15) is 0 Å². The Balaban J connectivity index is 0.000000252. The van der Waals surface area contributed by atoms with Crippen molar-refractivity contribution in [2.45, 2.75) is 41.5 Å². The van der Waals surface area contributed by atoms with E-state index in [1.807, 2.05) is 114 Å². The number of aryl methyl sites for hydroxylation is 6. The fraction of sp³-hybridized carbons (Fsp3) is 0.167. The molecule has 0 spiro atoms. The molecule has 0 aromatic carbocycles. The predicted octanol–water partition coefficient (Wildman–Crippen LogP) is 8.34. The highest BCUT2D eigenvalue weighted by molar-refractivity contribution is 5.08. The lowest BCUT2D eigenvalue weighted by molar-refractivity contribution is 1.29. The van der Waals surface area contributed by atoms with Crippen LogP contribution in [0.4, 0.5) is 0 Å². The summed E-state index contributed by atoms with van der Waals surface area (Å²) in [7, 11) is 0. The highest BCUT2D eigenvalue weighted by Crippen LogP contribution is 1.92. The molecule has 0 atom stereocenters. The number of nitrogens with zero attached hydrogens (tertiary/aromatic N) is 6. The molecule has 216 valence electrons. The van der Waals surface area contributed by atoms with Crippen molar-refractivity contribution in [3.05, 3.63) is 181 Å². The second kappa shape index (κ2) is 23.8. The summed E-state index contributed by atoms with van der Waals surface area (Å²) < 4.78 is 0. The van der Waals surface area contributed by atoms with Crippen molar-refractivity contribution >= 4 is 0 Å². The van der Waals surface area contributed by atoms with Gasteiger partial charge in [0.1, 0.15) is 0 Å². The third kappa shape index (κ3) is 21.8. The first-order valence-corrected chi connectivity index (χ1v) is 13.6. The van der Waals surface area contributed by atoms with E-state index in [9.17, 15) is 0 Å². The molecule has 6 heterocycles. The molecule has 6 nitrogen and oxygen atoms in total. The standard InChI is InChI=1S/6C6H7N/c6*1-6-2-4-7-5-3-6/h6*2-5H,1H3. The molecule has 6 rings (SSSR count). The van der Waals surface area contributed by atoms with Crippen molar-refractivity contribution in [3.63, 3.8) is 0 Å². The van der Waals surface area contributed by atoms with E-state index < -0.39 is 0 Å². The van der Waals surface area contributed by atoms with Gasteiger partial charge in [0.2, 0.25) is 0 Å². The fourth-order valence-corrected chi connectivity index (χ4v) is 2.56. The average Bonchev–Trinajstić information content (AvgIpc) is 3.01. The zero-order valence-electron chi connectivity index (χ0n) is 25.5. The largest absolute Gasteiger partial charge is 0.265 e. The molecule has 0 aliphatic rings. The second-order valence-corrected chi connectivity index (χ2v) is 9.15. The maximum atomic E-state index is 3.85. The van der Waals surface area contributed by atoms with Gasteiger partial charge >= 0.3 is 0 Å². The molecule has 0 fully saturated rings. The lowest BCUT2D eigenvalue weighted by atomic mass is 10.3. The Morgan fingerprint density at radius 2 is 0.310 bits per heavy atom.